The minimum atomic E-state index is -0.509. The van der Waals surface area contributed by atoms with Crippen molar-refractivity contribution in [2.24, 2.45) is 0 Å². The van der Waals surface area contributed by atoms with Crippen molar-refractivity contribution in [1.29, 1.82) is 0 Å². The van der Waals surface area contributed by atoms with Crippen LogP contribution in [0.4, 0.5) is 11.5 Å². The molecule has 1 heterocycles. The molecule has 0 aliphatic heterocycles. The number of benzene rings is 1. The van der Waals surface area contributed by atoms with Gasteiger partial charge >= 0.3 is 0 Å². The van der Waals surface area contributed by atoms with Gasteiger partial charge in [0, 0.05) is 31.2 Å². The zero-order chi connectivity index (χ0) is 15.2. The number of nitrogens with zero attached hydrogens (tertiary/aromatic N) is 2. The average Bonchev–Trinajstić information content (AvgIpc) is 2.46. The first-order valence-corrected chi connectivity index (χ1v) is 6.56. The van der Waals surface area contributed by atoms with Crippen LogP contribution in [0.3, 0.4) is 0 Å². The number of hydrogen-bond acceptors (Lipinski definition) is 6. The molecule has 2 N–H and O–H groups in total. The van der Waals surface area contributed by atoms with E-state index in [1.165, 1.54) is 12.1 Å². The zero-order valence-electron chi connectivity index (χ0n) is 11.7. The number of ether oxygens (including phenoxy) is 1. The standard InChI is InChI=1S/C14H17N3O4/c1-21-9-12(18)6-7-15-14-5-2-10-8-11(17(19)20)3-4-13(10)16-14/h2-5,8,12,18H,6-7,9H2,1H3,(H,15,16). The van der Waals surface area contributed by atoms with Crippen molar-refractivity contribution in [3.63, 3.8) is 0 Å². The van der Waals surface area contributed by atoms with Crippen molar-refractivity contribution in [2.75, 3.05) is 25.6 Å². The van der Waals surface area contributed by atoms with Crippen LogP contribution in [0.15, 0.2) is 30.3 Å². The number of hydrogen-bond donors (Lipinski definition) is 2. The van der Waals surface area contributed by atoms with Crippen LogP contribution in [0.25, 0.3) is 10.9 Å². The maximum absolute atomic E-state index is 10.7. The first-order valence-electron chi connectivity index (χ1n) is 6.56. The van der Waals surface area contributed by atoms with Crippen LogP contribution in [0.1, 0.15) is 6.42 Å². The minimum absolute atomic E-state index is 0.0488. The second-order valence-corrected chi connectivity index (χ2v) is 4.66. The van der Waals surface area contributed by atoms with Crippen molar-refractivity contribution in [3.8, 4) is 0 Å². The Labute approximate surface area is 121 Å². The van der Waals surface area contributed by atoms with Crippen molar-refractivity contribution in [1.82, 2.24) is 4.98 Å². The number of aromatic nitrogens is 1. The summed E-state index contributed by atoms with van der Waals surface area (Å²) in [7, 11) is 1.54. The molecule has 0 radical (unpaired) electrons. The molecule has 1 aromatic heterocycles. The van der Waals surface area contributed by atoms with Crippen LogP contribution < -0.4 is 5.32 Å². The molecule has 0 saturated heterocycles. The molecule has 0 spiro atoms. The summed E-state index contributed by atoms with van der Waals surface area (Å²) in [4.78, 5) is 14.7. The number of fused-ring (bicyclic) bond motifs is 1. The van der Waals surface area contributed by atoms with Gasteiger partial charge in [0.25, 0.3) is 5.69 Å². The van der Waals surface area contributed by atoms with Crippen molar-refractivity contribution >= 4 is 22.4 Å². The van der Waals surface area contributed by atoms with Gasteiger partial charge in [-0.15, -0.1) is 0 Å². The van der Waals surface area contributed by atoms with Gasteiger partial charge in [0.15, 0.2) is 0 Å². The second kappa shape index (κ2) is 6.96. The van der Waals surface area contributed by atoms with Crippen LogP contribution in [0.2, 0.25) is 0 Å². The molecule has 0 fully saturated rings. The Morgan fingerprint density at radius 3 is 2.95 bits per heavy atom. The Bertz CT molecular complexity index is 633. The lowest BCUT2D eigenvalue weighted by Crippen LogP contribution is -2.18. The predicted molar refractivity (Wildman–Crippen MR) is 79.4 cm³/mol. The van der Waals surface area contributed by atoms with Crippen molar-refractivity contribution < 1.29 is 14.8 Å². The van der Waals surface area contributed by atoms with Gasteiger partial charge in [-0.05, 0) is 24.6 Å². The molecule has 21 heavy (non-hydrogen) atoms. The summed E-state index contributed by atoms with van der Waals surface area (Å²) in [6, 6.07) is 8.09. The summed E-state index contributed by atoms with van der Waals surface area (Å²) < 4.78 is 4.85. The molecular weight excluding hydrogens is 274 g/mol. The fourth-order valence-corrected chi connectivity index (χ4v) is 1.97. The summed E-state index contributed by atoms with van der Waals surface area (Å²) in [5, 5.41) is 24.1. The van der Waals surface area contributed by atoms with Gasteiger partial charge < -0.3 is 15.2 Å². The van der Waals surface area contributed by atoms with Crippen LogP contribution in [0, 0.1) is 10.1 Å². The maximum Gasteiger partial charge on any atom is 0.270 e. The molecule has 7 heteroatoms. The highest BCUT2D eigenvalue weighted by Gasteiger charge is 2.07. The Morgan fingerprint density at radius 2 is 2.24 bits per heavy atom. The van der Waals surface area contributed by atoms with E-state index in [4.69, 9.17) is 4.74 Å². The first-order chi connectivity index (χ1) is 10.1. The van der Waals surface area contributed by atoms with Crippen LogP contribution in [-0.4, -0.2) is 41.4 Å². The number of nitro groups is 1. The van der Waals surface area contributed by atoms with E-state index in [2.05, 4.69) is 10.3 Å². The average molecular weight is 291 g/mol. The number of pyridine rings is 1. The van der Waals surface area contributed by atoms with Gasteiger partial charge in [0.2, 0.25) is 0 Å². The summed E-state index contributed by atoms with van der Waals surface area (Å²) >= 11 is 0. The third kappa shape index (κ3) is 4.11. The largest absolute Gasteiger partial charge is 0.391 e. The molecule has 0 amide bonds. The van der Waals surface area contributed by atoms with Crippen LogP contribution in [-0.2, 0) is 4.74 Å². The molecule has 7 nitrogen and oxygen atoms in total. The Hall–Kier alpha value is -2.25. The SMILES string of the molecule is COCC(O)CCNc1ccc2cc([N+](=O)[O-])ccc2n1. The minimum Gasteiger partial charge on any atom is -0.391 e. The van der Waals surface area contributed by atoms with Gasteiger partial charge in [-0.1, -0.05) is 0 Å². The molecule has 2 rings (SSSR count). The number of rotatable bonds is 7. The van der Waals surface area contributed by atoms with E-state index in [1.54, 1.807) is 25.3 Å². The molecule has 1 atom stereocenters. The Morgan fingerprint density at radius 1 is 1.43 bits per heavy atom. The Kier molecular flexibility index (Phi) is 5.02. The van der Waals surface area contributed by atoms with E-state index in [1.807, 2.05) is 0 Å². The third-order valence-corrected chi connectivity index (χ3v) is 3.03. The van der Waals surface area contributed by atoms with Crippen LogP contribution >= 0.6 is 0 Å². The van der Waals surface area contributed by atoms with Gasteiger partial charge in [-0.2, -0.15) is 0 Å². The molecule has 1 aromatic carbocycles. The molecule has 0 saturated carbocycles. The number of methoxy groups -OCH3 is 1. The summed E-state index contributed by atoms with van der Waals surface area (Å²) in [5.41, 5.74) is 0.732. The van der Waals surface area contributed by atoms with E-state index in [0.717, 1.165) is 0 Å². The number of non-ortho nitro benzene ring substituents is 1. The highest BCUT2D eigenvalue weighted by molar-refractivity contribution is 5.82. The highest BCUT2D eigenvalue weighted by Crippen LogP contribution is 2.21. The normalized spacial score (nSPS) is 12.3. The molecule has 2 aromatic rings. The molecule has 0 aliphatic carbocycles. The van der Waals surface area contributed by atoms with E-state index < -0.39 is 11.0 Å². The molecular formula is C14H17N3O4. The predicted octanol–water partition coefficient (Wildman–Crippen LogP) is 1.95. The van der Waals surface area contributed by atoms with Gasteiger partial charge in [-0.25, -0.2) is 4.98 Å². The quantitative estimate of drug-likeness (QED) is 0.597. The summed E-state index contributed by atoms with van der Waals surface area (Å²) in [6.45, 7) is 0.868. The lowest BCUT2D eigenvalue weighted by Gasteiger charge is -2.10. The topological polar surface area (TPSA) is 97.5 Å². The summed E-state index contributed by atoms with van der Waals surface area (Å²) in [6.07, 6.45) is 0.0407. The monoisotopic (exact) mass is 291 g/mol. The second-order valence-electron chi connectivity index (χ2n) is 4.66. The highest BCUT2D eigenvalue weighted by atomic mass is 16.6. The van der Waals surface area contributed by atoms with Gasteiger partial charge in [-0.3, -0.25) is 10.1 Å². The fraction of sp³-hybridized carbons (Fsp3) is 0.357. The van der Waals surface area contributed by atoms with E-state index in [0.29, 0.717) is 36.3 Å². The van der Waals surface area contributed by atoms with Gasteiger partial charge in [0.1, 0.15) is 5.82 Å². The van der Waals surface area contributed by atoms with Crippen molar-refractivity contribution in [3.05, 3.63) is 40.4 Å². The number of nitro benzene ring substituents is 1. The number of nitrogens with one attached hydrogen (secondary N) is 1. The molecule has 1 unspecified atom stereocenters. The third-order valence-electron chi connectivity index (χ3n) is 3.03. The van der Waals surface area contributed by atoms with E-state index >= 15 is 0 Å². The van der Waals surface area contributed by atoms with Crippen LogP contribution in [0.5, 0.6) is 0 Å². The van der Waals surface area contributed by atoms with Gasteiger partial charge in [0.05, 0.1) is 23.2 Å². The number of aliphatic hydroxyl groups excluding tert-OH is 1. The van der Waals surface area contributed by atoms with Crippen molar-refractivity contribution in [2.45, 2.75) is 12.5 Å². The lowest BCUT2D eigenvalue weighted by molar-refractivity contribution is -0.384. The zero-order valence-corrected chi connectivity index (χ0v) is 11.7. The molecule has 0 aliphatic rings. The molecule has 112 valence electrons. The molecule has 0 bridgehead atoms. The first kappa shape index (κ1) is 15.1. The fourth-order valence-electron chi connectivity index (χ4n) is 1.97. The maximum atomic E-state index is 10.7. The smallest absolute Gasteiger partial charge is 0.270 e. The Balaban J connectivity index is 2.02. The summed E-state index contributed by atoms with van der Waals surface area (Å²) in [5.74, 6) is 0.668. The lowest BCUT2D eigenvalue weighted by atomic mass is 10.2. The van der Waals surface area contributed by atoms with E-state index in [9.17, 15) is 15.2 Å². The number of anilines is 1. The number of aliphatic hydroxyl groups is 1. The van der Waals surface area contributed by atoms with E-state index in [-0.39, 0.29) is 5.69 Å².